The average molecular weight is 213 g/mol. The first-order valence-corrected chi connectivity index (χ1v) is 5.76. The van der Waals surface area contributed by atoms with E-state index in [0.717, 1.165) is 18.4 Å². The Morgan fingerprint density at radius 2 is 2.07 bits per heavy atom. The molecule has 0 fully saturated rings. The van der Waals surface area contributed by atoms with Crippen LogP contribution in [0.4, 0.5) is 0 Å². The monoisotopic (exact) mass is 213 g/mol. The lowest BCUT2D eigenvalue weighted by atomic mass is 10.0. The number of rotatable bonds is 4. The molecule has 0 saturated carbocycles. The van der Waals surface area contributed by atoms with Crippen LogP contribution in [0.5, 0.6) is 5.75 Å². The highest BCUT2D eigenvalue weighted by Crippen LogP contribution is 2.29. The molecule has 14 heavy (non-hydrogen) atoms. The molecule has 0 spiro atoms. The van der Waals surface area contributed by atoms with Crippen LogP contribution in [0.25, 0.3) is 0 Å². The van der Waals surface area contributed by atoms with Crippen molar-refractivity contribution in [3.63, 3.8) is 0 Å². The summed E-state index contributed by atoms with van der Waals surface area (Å²) in [4.78, 5) is 8.68. The normalized spacial score (nSPS) is 11.2. The Kier molecular flexibility index (Phi) is 4.05. The number of benzene rings is 1. The van der Waals surface area contributed by atoms with E-state index in [1.165, 1.54) is 5.56 Å². The number of aryl methyl sites for hydroxylation is 1. The molecule has 4 heteroatoms. The Morgan fingerprint density at radius 1 is 1.36 bits per heavy atom. The molecular formula is C10H14O3P+. The van der Waals surface area contributed by atoms with Gasteiger partial charge in [-0.3, -0.25) is 0 Å². The second-order valence-electron chi connectivity index (χ2n) is 2.93. The predicted octanol–water partition coefficient (Wildman–Crippen LogP) is 2.84. The molecule has 0 aliphatic rings. The number of hydrogen-bond acceptors (Lipinski definition) is 2. The first-order chi connectivity index (χ1) is 6.69. The largest absolute Gasteiger partial charge is 0.747 e. The van der Waals surface area contributed by atoms with Gasteiger partial charge in [-0.2, -0.15) is 0 Å². The maximum Gasteiger partial charge on any atom is 0.747 e. The molecular weight excluding hydrogens is 199 g/mol. The van der Waals surface area contributed by atoms with Crippen molar-refractivity contribution in [2.24, 2.45) is 0 Å². The van der Waals surface area contributed by atoms with E-state index in [1.54, 1.807) is 6.07 Å². The molecule has 0 heterocycles. The Balaban J connectivity index is 3.08. The Hall–Kier alpha value is -0.920. The van der Waals surface area contributed by atoms with E-state index >= 15 is 0 Å². The molecule has 1 rings (SSSR count). The van der Waals surface area contributed by atoms with Crippen molar-refractivity contribution < 1.29 is 14.0 Å². The minimum Gasteiger partial charge on any atom is -0.229 e. The quantitative estimate of drug-likeness (QED) is 0.782. The molecule has 1 aromatic rings. The molecule has 0 aromatic heterocycles. The van der Waals surface area contributed by atoms with Crippen molar-refractivity contribution in [2.45, 2.75) is 26.7 Å². The van der Waals surface area contributed by atoms with Crippen molar-refractivity contribution in [3.8, 4) is 5.75 Å². The first kappa shape index (κ1) is 11.2. The molecule has 0 saturated heterocycles. The minimum absolute atomic E-state index is 0.524. The van der Waals surface area contributed by atoms with Gasteiger partial charge in [0.15, 0.2) is 5.75 Å². The summed E-state index contributed by atoms with van der Waals surface area (Å²) in [6, 6.07) is 5.57. The maximum absolute atomic E-state index is 10.6. The molecule has 0 aliphatic carbocycles. The van der Waals surface area contributed by atoms with Crippen LogP contribution in [0.2, 0.25) is 0 Å². The standard InChI is InChI=1S/C10H13O3P/c1-3-8-6-5-7-10(9(8)4-2)13-14(11)12/h5-7H,3-4H2,1-2H3/p+1. The number of hydrogen-bond donors (Lipinski definition) is 1. The van der Waals surface area contributed by atoms with Gasteiger partial charge in [0.2, 0.25) is 0 Å². The van der Waals surface area contributed by atoms with Crippen LogP contribution in [-0.4, -0.2) is 4.89 Å². The van der Waals surface area contributed by atoms with Crippen LogP contribution < -0.4 is 4.52 Å². The summed E-state index contributed by atoms with van der Waals surface area (Å²) in [5.74, 6) is 0.524. The van der Waals surface area contributed by atoms with Gasteiger partial charge in [-0.25, -0.2) is 4.52 Å². The highest BCUT2D eigenvalue weighted by molar-refractivity contribution is 7.32. The molecule has 1 aromatic carbocycles. The molecule has 1 atom stereocenters. The van der Waals surface area contributed by atoms with Gasteiger partial charge in [0, 0.05) is 10.1 Å². The summed E-state index contributed by atoms with van der Waals surface area (Å²) in [6.07, 6.45) is 1.71. The molecule has 1 unspecified atom stereocenters. The Bertz CT molecular complexity index is 336. The third-order valence-corrected chi connectivity index (χ3v) is 2.49. The third-order valence-electron chi connectivity index (χ3n) is 2.14. The lowest BCUT2D eigenvalue weighted by Crippen LogP contribution is -1.94. The van der Waals surface area contributed by atoms with Crippen LogP contribution >= 0.6 is 8.25 Å². The van der Waals surface area contributed by atoms with E-state index in [4.69, 9.17) is 9.42 Å². The van der Waals surface area contributed by atoms with Gasteiger partial charge in [-0.1, -0.05) is 26.0 Å². The summed E-state index contributed by atoms with van der Waals surface area (Å²) in [5.41, 5.74) is 2.19. The molecule has 1 N–H and O–H groups in total. The van der Waals surface area contributed by atoms with E-state index in [-0.39, 0.29) is 0 Å². The van der Waals surface area contributed by atoms with Gasteiger partial charge in [-0.15, -0.1) is 4.89 Å². The van der Waals surface area contributed by atoms with Crippen molar-refractivity contribution in [1.82, 2.24) is 0 Å². The smallest absolute Gasteiger partial charge is 0.229 e. The minimum atomic E-state index is -2.57. The fourth-order valence-electron chi connectivity index (χ4n) is 1.51. The second-order valence-corrected chi connectivity index (χ2v) is 3.59. The van der Waals surface area contributed by atoms with Crippen molar-refractivity contribution in [2.75, 3.05) is 0 Å². The fraction of sp³-hybridized carbons (Fsp3) is 0.400. The molecule has 0 amide bonds. The van der Waals surface area contributed by atoms with Gasteiger partial charge >= 0.3 is 8.25 Å². The first-order valence-electron chi connectivity index (χ1n) is 4.63. The van der Waals surface area contributed by atoms with Gasteiger partial charge in [-0.05, 0) is 24.5 Å². The SMILES string of the molecule is CCc1cccc(O[P+](=O)O)c1CC. The van der Waals surface area contributed by atoms with Crippen LogP contribution in [-0.2, 0) is 17.4 Å². The summed E-state index contributed by atoms with van der Waals surface area (Å²) in [7, 11) is -2.57. The zero-order valence-electron chi connectivity index (χ0n) is 8.36. The van der Waals surface area contributed by atoms with Gasteiger partial charge in [0.25, 0.3) is 0 Å². The maximum atomic E-state index is 10.6. The van der Waals surface area contributed by atoms with Crippen LogP contribution in [0.1, 0.15) is 25.0 Å². The zero-order chi connectivity index (χ0) is 10.6. The van der Waals surface area contributed by atoms with Crippen molar-refractivity contribution in [1.29, 1.82) is 0 Å². The topological polar surface area (TPSA) is 46.5 Å². The second kappa shape index (κ2) is 5.08. The van der Waals surface area contributed by atoms with E-state index in [1.807, 2.05) is 19.1 Å². The van der Waals surface area contributed by atoms with E-state index in [0.29, 0.717) is 5.75 Å². The van der Waals surface area contributed by atoms with E-state index < -0.39 is 8.25 Å². The summed E-state index contributed by atoms with van der Waals surface area (Å²) in [5, 5.41) is 0. The summed E-state index contributed by atoms with van der Waals surface area (Å²) >= 11 is 0. The van der Waals surface area contributed by atoms with Crippen molar-refractivity contribution in [3.05, 3.63) is 29.3 Å². The molecule has 0 aliphatic heterocycles. The van der Waals surface area contributed by atoms with Crippen LogP contribution in [0.15, 0.2) is 18.2 Å². The fourth-order valence-corrected chi connectivity index (χ4v) is 1.85. The lowest BCUT2D eigenvalue weighted by Gasteiger charge is -2.06. The molecule has 0 radical (unpaired) electrons. The average Bonchev–Trinajstić information content (AvgIpc) is 2.16. The lowest BCUT2D eigenvalue weighted by molar-refractivity contribution is 0.408. The molecule has 3 nitrogen and oxygen atoms in total. The summed E-state index contributed by atoms with van der Waals surface area (Å²) in [6.45, 7) is 4.06. The highest BCUT2D eigenvalue weighted by atomic mass is 31.1. The summed E-state index contributed by atoms with van der Waals surface area (Å²) < 4.78 is 15.4. The predicted molar refractivity (Wildman–Crippen MR) is 55.7 cm³/mol. The highest BCUT2D eigenvalue weighted by Gasteiger charge is 2.18. The molecule has 0 bridgehead atoms. The van der Waals surface area contributed by atoms with Gasteiger partial charge in [0.1, 0.15) is 0 Å². The molecule has 76 valence electrons. The van der Waals surface area contributed by atoms with Gasteiger partial charge in [0.05, 0.1) is 0 Å². The van der Waals surface area contributed by atoms with E-state index in [2.05, 4.69) is 6.92 Å². The Labute approximate surface area is 84.7 Å². The van der Waals surface area contributed by atoms with Crippen molar-refractivity contribution >= 4 is 8.25 Å². The Morgan fingerprint density at radius 3 is 2.57 bits per heavy atom. The van der Waals surface area contributed by atoms with E-state index in [9.17, 15) is 4.57 Å². The van der Waals surface area contributed by atoms with Gasteiger partial charge < -0.3 is 0 Å². The third kappa shape index (κ3) is 2.53. The van der Waals surface area contributed by atoms with Crippen LogP contribution in [0.3, 0.4) is 0 Å². The van der Waals surface area contributed by atoms with Crippen LogP contribution in [0, 0.1) is 0 Å². The zero-order valence-corrected chi connectivity index (χ0v) is 9.25.